The standard InChI is InChI=1S/C18H19NO3/c1-12(2)13-7-9-14(10-8-13)19-17-6-4-5-15(16(17)11-20)18(21)22-3/h4-12,19H,1-3H3. The lowest BCUT2D eigenvalue weighted by atomic mass is 10.0. The molecule has 0 spiro atoms. The molecular formula is C18H19NO3. The van der Waals surface area contributed by atoms with E-state index in [4.69, 9.17) is 4.74 Å². The number of carbonyl (C=O) groups is 2. The highest BCUT2D eigenvalue weighted by Crippen LogP contribution is 2.24. The van der Waals surface area contributed by atoms with E-state index in [2.05, 4.69) is 19.2 Å². The number of anilines is 2. The highest BCUT2D eigenvalue weighted by atomic mass is 16.5. The van der Waals surface area contributed by atoms with Crippen LogP contribution in [0.25, 0.3) is 0 Å². The fourth-order valence-corrected chi connectivity index (χ4v) is 2.20. The Bertz CT molecular complexity index is 675. The van der Waals surface area contributed by atoms with Crippen molar-refractivity contribution in [1.29, 1.82) is 0 Å². The monoisotopic (exact) mass is 297 g/mol. The Morgan fingerprint density at radius 2 is 1.82 bits per heavy atom. The summed E-state index contributed by atoms with van der Waals surface area (Å²) in [5, 5.41) is 3.17. The fourth-order valence-electron chi connectivity index (χ4n) is 2.20. The number of nitrogens with one attached hydrogen (secondary N) is 1. The maximum atomic E-state index is 11.7. The van der Waals surface area contributed by atoms with Crippen LogP contribution >= 0.6 is 0 Å². The van der Waals surface area contributed by atoms with Gasteiger partial charge in [0.05, 0.1) is 18.2 Å². The average molecular weight is 297 g/mol. The first-order chi connectivity index (χ1) is 10.6. The molecule has 0 saturated heterocycles. The fraction of sp³-hybridized carbons (Fsp3) is 0.222. The van der Waals surface area contributed by atoms with Gasteiger partial charge in [-0.15, -0.1) is 0 Å². The van der Waals surface area contributed by atoms with E-state index in [1.54, 1.807) is 18.2 Å². The molecule has 2 aromatic rings. The summed E-state index contributed by atoms with van der Waals surface area (Å²) in [5.74, 6) is -0.0665. The highest BCUT2D eigenvalue weighted by molar-refractivity contribution is 6.02. The minimum Gasteiger partial charge on any atom is -0.465 e. The molecular weight excluding hydrogens is 278 g/mol. The smallest absolute Gasteiger partial charge is 0.338 e. The normalized spacial score (nSPS) is 10.4. The Labute approximate surface area is 130 Å². The molecule has 0 aliphatic rings. The van der Waals surface area contributed by atoms with Crippen molar-refractivity contribution in [3.63, 3.8) is 0 Å². The summed E-state index contributed by atoms with van der Waals surface area (Å²) in [7, 11) is 1.29. The van der Waals surface area contributed by atoms with Gasteiger partial charge in [0.2, 0.25) is 0 Å². The van der Waals surface area contributed by atoms with Crippen molar-refractivity contribution < 1.29 is 14.3 Å². The van der Waals surface area contributed by atoms with E-state index in [-0.39, 0.29) is 5.56 Å². The second kappa shape index (κ2) is 6.89. The number of esters is 1. The van der Waals surface area contributed by atoms with E-state index in [0.29, 0.717) is 23.5 Å². The maximum Gasteiger partial charge on any atom is 0.338 e. The van der Waals surface area contributed by atoms with Crippen LogP contribution in [0.4, 0.5) is 11.4 Å². The van der Waals surface area contributed by atoms with Crippen LogP contribution in [0.2, 0.25) is 0 Å². The molecule has 0 amide bonds. The number of carbonyl (C=O) groups excluding carboxylic acids is 2. The first kappa shape index (κ1) is 15.8. The van der Waals surface area contributed by atoms with Crippen LogP contribution in [0.3, 0.4) is 0 Å². The molecule has 114 valence electrons. The van der Waals surface area contributed by atoms with Crippen molar-refractivity contribution >= 4 is 23.6 Å². The Balaban J connectivity index is 2.33. The lowest BCUT2D eigenvalue weighted by Gasteiger charge is -2.12. The third kappa shape index (κ3) is 3.34. The molecule has 0 fully saturated rings. The van der Waals surface area contributed by atoms with E-state index < -0.39 is 5.97 Å². The first-order valence-corrected chi connectivity index (χ1v) is 7.10. The Hall–Kier alpha value is -2.62. The van der Waals surface area contributed by atoms with Crippen LogP contribution in [0.5, 0.6) is 0 Å². The van der Waals surface area contributed by atoms with Crippen molar-refractivity contribution in [1.82, 2.24) is 0 Å². The molecule has 0 saturated carbocycles. The number of rotatable bonds is 5. The van der Waals surface area contributed by atoms with Gasteiger partial charge in [-0.05, 0) is 35.7 Å². The van der Waals surface area contributed by atoms with Crippen molar-refractivity contribution in [2.75, 3.05) is 12.4 Å². The van der Waals surface area contributed by atoms with Gasteiger partial charge < -0.3 is 10.1 Å². The van der Waals surface area contributed by atoms with Crippen molar-refractivity contribution in [2.24, 2.45) is 0 Å². The topological polar surface area (TPSA) is 55.4 Å². The first-order valence-electron chi connectivity index (χ1n) is 7.10. The Morgan fingerprint density at radius 3 is 2.36 bits per heavy atom. The highest BCUT2D eigenvalue weighted by Gasteiger charge is 2.14. The van der Waals surface area contributed by atoms with Crippen molar-refractivity contribution in [3.05, 3.63) is 59.2 Å². The summed E-state index contributed by atoms with van der Waals surface area (Å²) >= 11 is 0. The lowest BCUT2D eigenvalue weighted by molar-refractivity contribution is 0.0598. The van der Waals surface area contributed by atoms with Crippen LogP contribution in [0.15, 0.2) is 42.5 Å². The zero-order valence-electron chi connectivity index (χ0n) is 12.9. The van der Waals surface area contributed by atoms with Crippen LogP contribution < -0.4 is 5.32 Å². The van der Waals surface area contributed by atoms with Gasteiger partial charge in [-0.1, -0.05) is 32.0 Å². The Morgan fingerprint density at radius 1 is 1.14 bits per heavy atom. The summed E-state index contributed by atoms with van der Waals surface area (Å²) in [4.78, 5) is 23.1. The summed E-state index contributed by atoms with van der Waals surface area (Å²) in [6.07, 6.45) is 0.664. The number of aldehydes is 1. The maximum absolute atomic E-state index is 11.7. The molecule has 0 bridgehead atoms. The molecule has 2 aromatic carbocycles. The molecule has 1 N–H and O–H groups in total. The van der Waals surface area contributed by atoms with Gasteiger partial charge in [0.15, 0.2) is 6.29 Å². The average Bonchev–Trinajstić information content (AvgIpc) is 2.54. The number of hydrogen-bond acceptors (Lipinski definition) is 4. The Kier molecular flexibility index (Phi) is 4.94. The van der Waals surface area contributed by atoms with E-state index in [9.17, 15) is 9.59 Å². The minimum atomic E-state index is -0.527. The largest absolute Gasteiger partial charge is 0.465 e. The van der Waals surface area contributed by atoms with E-state index >= 15 is 0 Å². The number of hydrogen-bond donors (Lipinski definition) is 1. The molecule has 0 aliphatic heterocycles. The lowest BCUT2D eigenvalue weighted by Crippen LogP contribution is -2.07. The number of benzene rings is 2. The quantitative estimate of drug-likeness (QED) is 0.665. The molecule has 22 heavy (non-hydrogen) atoms. The van der Waals surface area contributed by atoms with Gasteiger partial charge in [0.1, 0.15) is 0 Å². The molecule has 2 rings (SSSR count). The molecule has 0 aliphatic carbocycles. The molecule has 0 atom stereocenters. The van der Waals surface area contributed by atoms with E-state index in [0.717, 1.165) is 5.69 Å². The van der Waals surface area contributed by atoms with E-state index in [1.807, 2.05) is 24.3 Å². The SMILES string of the molecule is COC(=O)c1cccc(Nc2ccc(C(C)C)cc2)c1C=O. The molecule has 0 aromatic heterocycles. The summed E-state index contributed by atoms with van der Waals surface area (Å²) in [6.45, 7) is 4.26. The summed E-state index contributed by atoms with van der Waals surface area (Å²) in [6, 6.07) is 13.0. The predicted molar refractivity (Wildman–Crippen MR) is 87.0 cm³/mol. The minimum absolute atomic E-state index is 0.251. The van der Waals surface area contributed by atoms with E-state index in [1.165, 1.54) is 12.7 Å². The zero-order valence-corrected chi connectivity index (χ0v) is 12.9. The third-order valence-corrected chi connectivity index (χ3v) is 3.49. The van der Waals surface area contributed by atoms with Crippen LogP contribution in [0.1, 0.15) is 46.0 Å². The van der Waals surface area contributed by atoms with Gasteiger partial charge >= 0.3 is 5.97 Å². The van der Waals surface area contributed by atoms with Crippen LogP contribution in [-0.2, 0) is 4.74 Å². The molecule has 0 radical (unpaired) electrons. The third-order valence-electron chi connectivity index (χ3n) is 3.49. The second-order valence-corrected chi connectivity index (χ2v) is 5.28. The predicted octanol–water partition coefficient (Wildman–Crippen LogP) is 4.15. The van der Waals surface area contributed by atoms with Crippen molar-refractivity contribution in [3.8, 4) is 0 Å². The van der Waals surface area contributed by atoms with Gasteiger partial charge in [-0.2, -0.15) is 0 Å². The number of ether oxygens (including phenoxy) is 1. The summed E-state index contributed by atoms with van der Waals surface area (Å²) in [5.41, 5.74) is 3.22. The van der Waals surface area contributed by atoms with Gasteiger partial charge in [0, 0.05) is 11.4 Å². The molecule has 4 heteroatoms. The number of methoxy groups -OCH3 is 1. The van der Waals surface area contributed by atoms with Gasteiger partial charge in [-0.25, -0.2) is 4.79 Å². The van der Waals surface area contributed by atoms with Crippen LogP contribution in [0, 0.1) is 0 Å². The molecule has 0 unspecified atom stereocenters. The summed E-state index contributed by atoms with van der Waals surface area (Å²) < 4.78 is 4.70. The molecule has 4 nitrogen and oxygen atoms in total. The van der Waals surface area contributed by atoms with Crippen LogP contribution in [-0.4, -0.2) is 19.4 Å². The zero-order chi connectivity index (χ0) is 16.1. The van der Waals surface area contributed by atoms with Gasteiger partial charge in [0.25, 0.3) is 0 Å². The van der Waals surface area contributed by atoms with Crippen molar-refractivity contribution in [2.45, 2.75) is 19.8 Å². The second-order valence-electron chi connectivity index (χ2n) is 5.28. The van der Waals surface area contributed by atoms with Gasteiger partial charge in [-0.3, -0.25) is 4.79 Å². The molecule has 0 heterocycles.